The van der Waals surface area contributed by atoms with Crippen LogP contribution < -0.4 is 0 Å². The van der Waals surface area contributed by atoms with Gasteiger partial charge in [0.2, 0.25) is 0 Å². The Kier molecular flexibility index (Phi) is 2.52. The third-order valence-corrected chi connectivity index (χ3v) is 2.46. The van der Waals surface area contributed by atoms with Crippen molar-refractivity contribution in [2.45, 2.75) is 23.1 Å². The van der Waals surface area contributed by atoms with Crippen LogP contribution in [0.3, 0.4) is 0 Å². The molecule has 1 N–H and O–H groups in total. The molecule has 3 heteroatoms. The molecular formula is C5H9IO2. The molecule has 0 bridgehead atoms. The lowest BCUT2D eigenvalue weighted by atomic mass is 10.2. The van der Waals surface area contributed by atoms with Gasteiger partial charge in [0.05, 0.1) is 3.92 Å². The van der Waals surface area contributed by atoms with Crippen molar-refractivity contribution in [3.05, 3.63) is 0 Å². The zero-order chi connectivity index (χ0) is 5.98. The molecule has 2 nitrogen and oxygen atoms in total. The predicted molar refractivity (Wildman–Crippen MR) is 39.0 cm³/mol. The average Bonchev–Trinajstić information content (AvgIpc) is 1.77. The van der Waals surface area contributed by atoms with Gasteiger partial charge in [-0.3, -0.25) is 0 Å². The van der Waals surface area contributed by atoms with E-state index in [0.29, 0.717) is 3.92 Å². The van der Waals surface area contributed by atoms with Gasteiger partial charge in [0.15, 0.2) is 6.29 Å². The van der Waals surface area contributed by atoms with Gasteiger partial charge in [-0.2, -0.15) is 0 Å². The Hall–Kier alpha value is 0.650. The highest BCUT2D eigenvalue weighted by molar-refractivity contribution is 14.1. The average molecular weight is 228 g/mol. The lowest BCUT2D eigenvalue weighted by molar-refractivity contribution is -0.115. The lowest BCUT2D eigenvalue weighted by Crippen LogP contribution is -2.28. The maximum atomic E-state index is 8.95. The topological polar surface area (TPSA) is 29.5 Å². The Bertz CT molecular complexity index is 66.8. The summed E-state index contributed by atoms with van der Waals surface area (Å²) in [6.07, 6.45) is 1.66. The van der Waals surface area contributed by atoms with Crippen LogP contribution in [0.1, 0.15) is 12.8 Å². The molecule has 1 aliphatic heterocycles. The molecule has 48 valence electrons. The molecular weight excluding hydrogens is 219 g/mol. The number of aliphatic hydroxyl groups excluding tert-OH is 1. The highest BCUT2D eigenvalue weighted by atomic mass is 127. The first-order chi connectivity index (χ1) is 3.80. The third-order valence-electron chi connectivity index (χ3n) is 1.22. The van der Waals surface area contributed by atoms with Gasteiger partial charge >= 0.3 is 0 Å². The molecule has 0 aliphatic carbocycles. The highest BCUT2D eigenvalue weighted by Gasteiger charge is 2.19. The van der Waals surface area contributed by atoms with Gasteiger partial charge in [-0.25, -0.2) is 0 Å². The molecule has 0 saturated carbocycles. The van der Waals surface area contributed by atoms with Crippen LogP contribution in [0.15, 0.2) is 0 Å². The normalized spacial score (nSPS) is 39.8. The fourth-order valence-electron chi connectivity index (χ4n) is 0.729. The van der Waals surface area contributed by atoms with Crippen molar-refractivity contribution in [2.75, 3.05) is 6.61 Å². The van der Waals surface area contributed by atoms with Gasteiger partial charge < -0.3 is 9.84 Å². The third kappa shape index (κ3) is 1.56. The van der Waals surface area contributed by atoms with E-state index in [4.69, 9.17) is 9.84 Å². The summed E-state index contributed by atoms with van der Waals surface area (Å²) in [6, 6.07) is 0. The Morgan fingerprint density at radius 3 is 2.75 bits per heavy atom. The molecule has 0 aromatic heterocycles. The van der Waals surface area contributed by atoms with Crippen molar-refractivity contribution in [3.63, 3.8) is 0 Å². The molecule has 1 rings (SSSR count). The van der Waals surface area contributed by atoms with Crippen molar-refractivity contribution in [3.8, 4) is 0 Å². The Labute approximate surface area is 62.4 Å². The van der Waals surface area contributed by atoms with E-state index in [1.54, 1.807) is 0 Å². The van der Waals surface area contributed by atoms with E-state index in [-0.39, 0.29) is 0 Å². The summed E-state index contributed by atoms with van der Waals surface area (Å²) < 4.78 is 5.24. The van der Waals surface area contributed by atoms with Crippen LogP contribution in [0, 0.1) is 0 Å². The minimum absolute atomic E-state index is 0.307. The minimum Gasteiger partial charge on any atom is -0.367 e. The number of alkyl halides is 1. The van der Waals surface area contributed by atoms with Crippen LogP contribution in [-0.2, 0) is 4.74 Å². The first-order valence-electron chi connectivity index (χ1n) is 2.74. The molecule has 0 aromatic rings. The second-order valence-corrected chi connectivity index (χ2v) is 3.52. The summed E-state index contributed by atoms with van der Waals surface area (Å²) >= 11 is 2.21. The monoisotopic (exact) mass is 228 g/mol. The molecule has 1 heterocycles. The van der Waals surface area contributed by atoms with E-state index in [2.05, 4.69) is 22.6 Å². The number of halogens is 1. The molecule has 1 aliphatic rings. The molecule has 0 radical (unpaired) electrons. The summed E-state index contributed by atoms with van der Waals surface area (Å²) in [7, 11) is 0. The van der Waals surface area contributed by atoms with Crippen LogP contribution in [0.25, 0.3) is 0 Å². The number of ether oxygens (including phenoxy) is 1. The molecule has 2 atom stereocenters. The van der Waals surface area contributed by atoms with Gasteiger partial charge in [0, 0.05) is 6.61 Å². The zero-order valence-electron chi connectivity index (χ0n) is 4.51. The summed E-state index contributed by atoms with van der Waals surface area (Å²) in [6.45, 7) is 0.723. The number of aliphatic hydroxyl groups is 1. The van der Waals surface area contributed by atoms with Crippen molar-refractivity contribution in [2.24, 2.45) is 0 Å². The van der Waals surface area contributed by atoms with E-state index in [0.717, 1.165) is 19.4 Å². The molecule has 1 unspecified atom stereocenters. The van der Waals surface area contributed by atoms with Crippen LogP contribution in [-0.4, -0.2) is 21.9 Å². The minimum atomic E-state index is -0.510. The first-order valence-corrected chi connectivity index (χ1v) is 3.99. The smallest absolute Gasteiger partial charge is 0.166 e. The van der Waals surface area contributed by atoms with Gasteiger partial charge in [-0.1, -0.05) is 22.6 Å². The van der Waals surface area contributed by atoms with Crippen LogP contribution in [0.4, 0.5) is 0 Å². The maximum absolute atomic E-state index is 8.95. The van der Waals surface area contributed by atoms with Gasteiger partial charge in [0.25, 0.3) is 0 Å². The highest BCUT2D eigenvalue weighted by Crippen LogP contribution is 2.19. The van der Waals surface area contributed by atoms with Gasteiger partial charge in [0.1, 0.15) is 0 Å². The van der Waals surface area contributed by atoms with Crippen molar-refractivity contribution >= 4 is 22.6 Å². The van der Waals surface area contributed by atoms with Crippen LogP contribution >= 0.6 is 22.6 Å². The Balaban J connectivity index is 2.28. The summed E-state index contributed by atoms with van der Waals surface area (Å²) in [4.78, 5) is 0. The second-order valence-electron chi connectivity index (χ2n) is 1.92. The fourth-order valence-corrected chi connectivity index (χ4v) is 1.38. The van der Waals surface area contributed by atoms with E-state index in [1.165, 1.54) is 0 Å². The number of hydrogen-bond donors (Lipinski definition) is 1. The Morgan fingerprint density at radius 1 is 1.62 bits per heavy atom. The van der Waals surface area contributed by atoms with E-state index < -0.39 is 6.29 Å². The first kappa shape index (κ1) is 6.77. The van der Waals surface area contributed by atoms with E-state index >= 15 is 0 Å². The van der Waals surface area contributed by atoms with Crippen molar-refractivity contribution in [1.82, 2.24) is 0 Å². The van der Waals surface area contributed by atoms with Crippen LogP contribution in [0.2, 0.25) is 0 Å². The summed E-state index contributed by atoms with van der Waals surface area (Å²) in [5, 5.41) is 8.95. The largest absolute Gasteiger partial charge is 0.367 e. The molecule has 1 saturated heterocycles. The second kappa shape index (κ2) is 2.98. The van der Waals surface area contributed by atoms with Crippen molar-refractivity contribution in [1.29, 1.82) is 0 Å². The lowest BCUT2D eigenvalue weighted by Gasteiger charge is -2.22. The van der Waals surface area contributed by atoms with Crippen molar-refractivity contribution < 1.29 is 9.84 Å². The molecule has 8 heavy (non-hydrogen) atoms. The zero-order valence-corrected chi connectivity index (χ0v) is 6.67. The van der Waals surface area contributed by atoms with E-state index in [9.17, 15) is 0 Å². The summed E-state index contributed by atoms with van der Waals surface area (Å²) in [5.74, 6) is 0. The maximum Gasteiger partial charge on any atom is 0.166 e. The number of hydrogen-bond acceptors (Lipinski definition) is 2. The number of rotatable bonds is 0. The Morgan fingerprint density at radius 2 is 2.38 bits per heavy atom. The SMILES string of the molecule is OC1OCCC[C@H]1I. The van der Waals surface area contributed by atoms with Crippen LogP contribution in [0.5, 0.6) is 0 Å². The summed E-state index contributed by atoms with van der Waals surface area (Å²) in [5.41, 5.74) is 0. The quantitative estimate of drug-likeness (QED) is 0.493. The van der Waals surface area contributed by atoms with E-state index in [1.807, 2.05) is 0 Å². The van der Waals surface area contributed by atoms with Gasteiger partial charge in [-0.05, 0) is 12.8 Å². The van der Waals surface area contributed by atoms with Gasteiger partial charge in [-0.15, -0.1) is 0 Å². The molecule has 0 amide bonds. The molecule has 1 fully saturated rings. The predicted octanol–water partition coefficient (Wildman–Crippen LogP) is 0.919. The molecule has 0 spiro atoms. The molecule has 0 aromatic carbocycles. The standard InChI is InChI=1S/C5H9IO2/c6-4-2-1-3-8-5(4)7/h4-5,7H,1-3H2/t4-,5?/m1/s1. The fraction of sp³-hybridized carbons (Fsp3) is 1.00.